The molecule has 0 atom stereocenters. The highest BCUT2D eigenvalue weighted by Gasteiger charge is 2.60. The Labute approximate surface area is 248 Å². The molecule has 1 spiro atoms. The zero-order chi connectivity index (χ0) is 29.4. The summed E-state index contributed by atoms with van der Waals surface area (Å²) in [4.78, 5) is 16.3. The highest BCUT2D eigenvalue weighted by molar-refractivity contribution is 6.36. The SMILES string of the molecule is N#CC1(C#N)N(Cc2c(Cl)cc(-c3ccc(C(=O)N4CCC(C(F)(F)F)CC4)cc3)cc2Cl)CCC12CCCCC2. The Balaban J connectivity index is 1.31. The third-order valence-electron chi connectivity index (χ3n) is 9.44. The molecule has 2 aromatic rings. The predicted octanol–water partition coefficient (Wildman–Crippen LogP) is 8.02. The molecule has 1 aliphatic carbocycles. The lowest BCUT2D eigenvalue weighted by Gasteiger charge is -2.42. The third kappa shape index (κ3) is 5.43. The number of halogens is 5. The molecule has 0 aromatic heterocycles. The first kappa shape index (κ1) is 29.7. The van der Waals surface area contributed by atoms with Gasteiger partial charge in [-0.25, -0.2) is 0 Å². The molecule has 3 fully saturated rings. The number of piperidine rings is 1. The fourth-order valence-electron chi connectivity index (χ4n) is 6.98. The van der Waals surface area contributed by atoms with Crippen LogP contribution in [-0.4, -0.2) is 47.1 Å². The fraction of sp³-hybridized carbons (Fsp3) is 0.516. The van der Waals surface area contributed by atoms with E-state index >= 15 is 0 Å². The highest BCUT2D eigenvalue weighted by atomic mass is 35.5. The van der Waals surface area contributed by atoms with Crippen molar-refractivity contribution in [3.8, 4) is 23.3 Å². The monoisotopic (exact) mass is 602 g/mol. The van der Waals surface area contributed by atoms with Gasteiger partial charge in [0.1, 0.15) is 12.1 Å². The number of nitrogens with zero attached hydrogens (tertiary/aromatic N) is 4. The van der Waals surface area contributed by atoms with Crippen LogP contribution in [0.3, 0.4) is 0 Å². The van der Waals surface area contributed by atoms with Gasteiger partial charge in [-0.2, -0.15) is 23.7 Å². The van der Waals surface area contributed by atoms with Crippen LogP contribution in [0.4, 0.5) is 13.2 Å². The van der Waals surface area contributed by atoms with Crippen LogP contribution in [0.15, 0.2) is 36.4 Å². The molecule has 10 heteroatoms. The molecule has 41 heavy (non-hydrogen) atoms. The quantitative estimate of drug-likeness (QED) is 0.355. The van der Waals surface area contributed by atoms with Gasteiger partial charge in [-0.15, -0.1) is 0 Å². The molecule has 2 heterocycles. The lowest BCUT2D eigenvalue weighted by Crippen LogP contribution is -2.52. The van der Waals surface area contributed by atoms with E-state index in [2.05, 4.69) is 12.1 Å². The zero-order valence-electron chi connectivity index (χ0n) is 22.6. The van der Waals surface area contributed by atoms with Crippen LogP contribution in [0.2, 0.25) is 10.0 Å². The largest absolute Gasteiger partial charge is 0.391 e. The fourth-order valence-corrected chi connectivity index (χ4v) is 7.59. The van der Waals surface area contributed by atoms with Gasteiger partial charge in [-0.05, 0) is 67.5 Å². The third-order valence-corrected chi connectivity index (χ3v) is 10.1. The van der Waals surface area contributed by atoms with E-state index in [0.29, 0.717) is 34.3 Å². The zero-order valence-corrected chi connectivity index (χ0v) is 24.1. The molecule has 0 radical (unpaired) electrons. The predicted molar refractivity (Wildman–Crippen MR) is 151 cm³/mol. The summed E-state index contributed by atoms with van der Waals surface area (Å²) < 4.78 is 38.9. The lowest BCUT2D eigenvalue weighted by atomic mass is 9.63. The van der Waals surface area contributed by atoms with Gasteiger partial charge in [0.25, 0.3) is 5.91 Å². The first-order valence-electron chi connectivity index (χ1n) is 14.1. The molecule has 0 N–H and O–H groups in total. The Kier molecular flexibility index (Phi) is 8.32. The van der Waals surface area contributed by atoms with E-state index in [4.69, 9.17) is 23.2 Å². The van der Waals surface area contributed by atoms with Crippen molar-refractivity contribution in [2.45, 2.75) is 69.6 Å². The Hall–Kier alpha value is -2.78. The lowest BCUT2D eigenvalue weighted by molar-refractivity contribution is -0.183. The van der Waals surface area contributed by atoms with Crippen LogP contribution in [0.5, 0.6) is 0 Å². The maximum atomic E-state index is 13.0. The Morgan fingerprint density at radius 2 is 1.49 bits per heavy atom. The number of amides is 1. The van der Waals surface area contributed by atoms with Crippen molar-refractivity contribution in [3.05, 3.63) is 57.6 Å². The Morgan fingerprint density at radius 3 is 2.02 bits per heavy atom. The van der Waals surface area contributed by atoms with Crippen LogP contribution in [0.1, 0.15) is 67.3 Å². The maximum absolute atomic E-state index is 13.0. The number of likely N-dealkylation sites (tertiary alicyclic amines) is 2. The standard InChI is InChI=1S/C31H31Cl2F3N4O/c32-26-16-23(21-4-6-22(7-5-21)28(41)39-13-8-24(9-14-39)31(34,35)36)17-27(33)25(26)18-40-15-12-29(10-2-1-3-11-29)30(40,19-37)20-38/h4-7,16-17,24H,1-3,8-15,18H2. The van der Waals surface area contributed by atoms with Gasteiger partial charge in [0.05, 0.1) is 5.92 Å². The van der Waals surface area contributed by atoms with E-state index in [1.54, 1.807) is 36.4 Å². The smallest absolute Gasteiger partial charge is 0.339 e. The van der Waals surface area contributed by atoms with Crippen molar-refractivity contribution in [1.82, 2.24) is 9.80 Å². The van der Waals surface area contributed by atoms with E-state index in [0.717, 1.165) is 49.7 Å². The summed E-state index contributed by atoms with van der Waals surface area (Å²) in [5, 5.41) is 21.4. The number of nitriles is 2. The molecule has 2 aromatic carbocycles. The van der Waals surface area contributed by atoms with Gasteiger partial charge in [-0.3, -0.25) is 9.69 Å². The van der Waals surface area contributed by atoms with Gasteiger partial charge >= 0.3 is 6.18 Å². The number of alkyl halides is 3. The van der Waals surface area contributed by atoms with E-state index < -0.39 is 17.6 Å². The van der Waals surface area contributed by atoms with Crippen LogP contribution < -0.4 is 0 Å². The number of hydrogen-bond donors (Lipinski definition) is 0. The molecule has 2 saturated heterocycles. The second-order valence-corrected chi connectivity index (χ2v) is 12.4. The highest BCUT2D eigenvalue weighted by Crippen LogP contribution is 2.55. The minimum Gasteiger partial charge on any atom is -0.339 e. The average molecular weight is 604 g/mol. The number of hydrogen-bond acceptors (Lipinski definition) is 4. The second-order valence-electron chi connectivity index (χ2n) is 11.6. The minimum atomic E-state index is -4.23. The molecule has 1 amide bonds. The first-order chi connectivity index (χ1) is 19.5. The summed E-state index contributed by atoms with van der Waals surface area (Å²) in [5.74, 6) is -1.65. The normalized spacial score (nSPS) is 21.0. The number of rotatable bonds is 4. The average Bonchev–Trinajstić information content (AvgIpc) is 3.26. The molecule has 2 aliphatic heterocycles. The van der Waals surface area contributed by atoms with E-state index in [9.17, 15) is 28.5 Å². The maximum Gasteiger partial charge on any atom is 0.391 e. The molecule has 0 bridgehead atoms. The van der Waals surface area contributed by atoms with Gasteiger partial charge in [0.2, 0.25) is 5.54 Å². The number of benzene rings is 2. The molecule has 1 saturated carbocycles. The summed E-state index contributed by atoms with van der Waals surface area (Å²) in [5.41, 5.74) is 1.03. The molecule has 0 unspecified atom stereocenters. The van der Waals surface area contributed by atoms with E-state index in [-0.39, 0.29) is 37.3 Å². The van der Waals surface area contributed by atoms with Crippen molar-refractivity contribution < 1.29 is 18.0 Å². The van der Waals surface area contributed by atoms with Crippen LogP contribution >= 0.6 is 23.2 Å². The van der Waals surface area contributed by atoms with Gasteiger partial charge in [-0.1, -0.05) is 54.6 Å². The Bertz CT molecular complexity index is 1350. The Morgan fingerprint density at radius 1 is 0.902 bits per heavy atom. The molecular weight excluding hydrogens is 572 g/mol. The first-order valence-corrected chi connectivity index (χ1v) is 14.8. The molecule has 3 aliphatic rings. The van der Waals surface area contributed by atoms with Gasteiger partial charge < -0.3 is 4.90 Å². The molecule has 5 nitrogen and oxygen atoms in total. The summed E-state index contributed by atoms with van der Waals surface area (Å²) in [6.07, 6.45) is 1.32. The molecular formula is C31H31Cl2F3N4O. The topological polar surface area (TPSA) is 71.1 Å². The summed E-state index contributed by atoms with van der Waals surface area (Å²) in [7, 11) is 0. The number of carbonyl (C=O) groups is 1. The van der Waals surface area contributed by atoms with Crippen molar-refractivity contribution in [2.75, 3.05) is 19.6 Å². The van der Waals surface area contributed by atoms with E-state index in [1.165, 1.54) is 4.90 Å². The minimum absolute atomic E-state index is 0.0778. The van der Waals surface area contributed by atoms with Crippen LogP contribution in [-0.2, 0) is 6.54 Å². The van der Waals surface area contributed by atoms with Crippen molar-refractivity contribution in [2.24, 2.45) is 11.3 Å². The molecule has 5 rings (SSSR count). The van der Waals surface area contributed by atoms with Crippen LogP contribution in [0.25, 0.3) is 11.1 Å². The second kappa shape index (κ2) is 11.5. The van der Waals surface area contributed by atoms with Crippen molar-refractivity contribution in [3.63, 3.8) is 0 Å². The van der Waals surface area contributed by atoms with Crippen molar-refractivity contribution in [1.29, 1.82) is 10.5 Å². The summed E-state index contributed by atoms with van der Waals surface area (Å²) in [6, 6.07) is 15.2. The number of carbonyl (C=O) groups excluding carboxylic acids is 1. The van der Waals surface area contributed by atoms with E-state index in [1.807, 2.05) is 4.90 Å². The van der Waals surface area contributed by atoms with Crippen LogP contribution in [0, 0.1) is 34.0 Å². The molecule has 216 valence electrons. The van der Waals surface area contributed by atoms with Gasteiger partial charge in [0, 0.05) is 52.8 Å². The summed E-state index contributed by atoms with van der Waals surface area (Å²) >= 11 is 13.5. The summed E-state index contributed by atoms with van der Waals surface area (Å²) in [6.45, 7) is 1.07. The van der Waals surface area contributed by atoms with Crippen molar-refractivity contribution >= 4 is 29.1 Å². The van der Waals surface area contributed by atoms with Gasteiger partial charge in [0.15, 0.2) is 0 Å².